The minimum Gasteiger partial charge on any atom is -0.497 e. The van der Waals surface area contributed by atoms with Crippen molar-refractivity contribution < 1.29 is 13.9 Å². The molecule has 26 heavy (non-hydrogen) atoms. The molecule has 1 N–H and O–H groups in total. The highest BCUT2D eigenvalue weighted by atomic mass is 19.1. The van der Waals surface area contributed by atoms with Crippen molar-refractivity contribution in [2.45, 2.75) is 19.0 Å². The predicted octanol–water partition coefficient (Wildman–Crippen LogP) is 3.93. The summed E-state index contributed by atoms with van der Waals surface area (Å²) in [7, 11) is 1.61. The molecule has 0 aliphatic rings. The van der Waals surface area contributed by atoms with Crippen molar-refractivity contribution in [1.82, 2.24) is 9.88 Å². The van der Waals surface area contributed by atoms with Crippen LogP contribution in [0.3, 0.4) is 0 Å². The summed E-state index contributed by atoms with van der Waals surface area (Å²) in [6.45, 7) is 0.414. The molecule has 0 aliphatic carbocycles. The number of hydrogen-bond donors (Lipinski definition) is 1. The van der Waals surface area contributed by atoms with Gasteiger partial charge in [-0.3, -0.25) is 4.79 Å². The molecule has 1 heterocycles. The van der Waals surface area contributed by atoms with Crippen molar-refractivity contribution in [3.63, 3.8) is 0 Å². The zero-order valence-electron chi connectivity index (χ0n) is 14.6. The van der Waals surface area contributed by atoms with Gasteiger partial charge < -0.3 is 14.6 Å². The van der Waals surface area contributed by atoms with Crippen LogP contribution in [-0.4, -0.2) is 17.6 Å². The number of hydrogen-bond acceptors (Lipinski definition) is 2. The van der Waals surface area contributed by atoms with Gasteiger partial charge in [0.15, 0.2) is 0 Å². The lowest BCUT2D eigenvalue weighted by atomic mass is 10.0. The van der Waals surface area contributed by atoms with Crippen molar-refractivity contribution >= 4 is 5.91 Å². The third-order valence-electron chi connectivity index (χ3n) is 4.22. The monoisotopic (exact) mass is 352 g/mol. The first kappa shape index (κ1) is 17.7. The normalized spacial score (nSPS) is 11.8. The Morgan fingerprint density at radius 3 is 2.62 bits per heavy atom. The molecule has 4 nitrogen and oxygen atoms in total. The fraction of sp³-hybridized carbons (Fsp3) is 0.190. The van der Waals surface area contributed by atoms with Gasteiger partial charge in [0.1, 0.15) is 11.6 Å². The molecule has 3 rings (SSSR count). The van der Waals surface area contributed by atoms with Crippen LogP contribution in [0.25, 0.3) is 0 Å². The van der Waals surface area contributed by atoms with Gasteiger partial charge in [0.25, 0.3) is 0 Å². The van der Waals surface area contributed by atoms with Crippen molar-refractivity contribution in [3.05, 3.63) is 90.0 Å². The SMILES string of the molecule is COc1cccc(CNC(=O)C[C@H](c2cccc(F)c2)n2cccc2)c1. The molecule has 0 unspecified atom stereocenters. The van der Waals surface area contributed by atoms with Crippen LogP contribution >= 0.6 is 0 Å². The number of nitrogens with one attached hydrogen (secondary N) is 1. The molecule has 5 heteroatoms. The van der Waals surface area contributed by atoms with E-state index < -0.39 is 0 Å². The third kappa shape index (κ3) is 4.51. The molecular formula is C21H21FN2O2. The van der Waals surface area contributed by atoms with Crippen LogP contribution in [0.5, 0.6) is 5.75 Å². The number of benzene rings is 2. The van der Waals surface area contributed by atoms with E-state index in [4.69, 9.17) is 4.74 Å². The van der Waals surface area contributed by atoms with Crippen LogP contribution in [0.2, 0.25) is 0 Å². The zero-order valence-corrected chi connectivity index (χ0v) is 14.6. The van der Waals surface area contributed by atoms with Gasteiger partial charge in [0.2, 0.25) is 5.91 Å². The molecule has 3 aromatic rings. The summed E-state index contributed by atoms with van der Waals surface area (Å²) in [5.41, 5.74) is 1.72. The largest absolute Gasteiger partial charge is 0.497 e. The first-order valence-corrected chi connectivity index (χ1v) is 8.43. The number of carbonyl (C=O) groups excluding carboxylic acids is 1. The predicted molar refractivity (Wildman–Crippen MR) is 98.4 cm³/mol. The molecule has 0 bridgehead atoms. The molecule has 1 amide bonds. The molecule has 1 atom stereocenters. The van der Waals surface area contributed by atoms with E-state index in [2.05, 4.69) is 5.32 Å². The molecule has 134 valence electrons. The second-order valence-electron chi connectivity index (χ2n) is 6.03. The number of methoxy groups -OCH3 is 1. The van der Waals surface area contributed by atoms with E-state index in [1.165, 1.54) is 12.1 Å². The van der Waals surface area contributed by atoms with Crippen LogP contribution in [-0.2, 0) is 11.3 Å². The number of carbonyl (C=O) groups is 1. The van der Waals surface area contributed by atoms with Crippen molar-refractivity contribution in [3.8, 4) is 5.75 Å². The highest BCUT2D eigenvalue weighted by molar-refractivity contribution is 5.76. The van der Waals surface area contributed by atoms with E-state index in [9.17, 15) is 9.18 Å². The Bertz CT molecular complexity index is 862. The van der Waals surface area contributed by atoms with E-state index in [0.717, 1.165) is 16.9 Å². The molecule has 0 saturated heterocycles. The van der Waals surface area contributed by atoms with Crippen molar-refractivity contribution in [1.29, 1.82) is 0 Å². The summed E-state index contributed by atoms with van der Waals surface area (Å²) >= 11 is 0. The zero-order chi connectivity index (χ0) is 18.4. The molecule has 0 fully saturated rings. The summed E-state index contributed by atoms with van der Waals surface area (Å²) in [5, 5.41) is 2.93. The number of nitrogens with zero attached hydrogens (tertiary/aromatic N) is 1. The van der Waals surface area contributed by atoms with Crippen LogP contribution in [0.1, 0.15) is 23.6 Å². The van der Waals surface area contributed by atoms with Gasteiger partial charge in [0, 0.05) is 18.9 Å². The van der Waals surface area contributed by atoms with Gasteiger partial charge >= 0.3 is 0 Å². The quantitative estimate of drug-likeness (QED) is 0.700. The summed E-state index contributed by atoms with van der Waals surface area (Å²) in [4.78, 5) is 12.5. The van der Waals surface area contributed by atoms with Gasteiger partial charge in [0.05, 0.1) is 19.6 Å². The molecular weight excluding hydrogens is 331 g/mol. The first-order valence-electron chi connectivity index (χ1n) is 8.43. The topological polar surface area (TPSA) is 43.3 Å². The minimum atomic E-state index is -0.309. The van der Waals surface area contributed by atoms with E-state index in [1.54, 1.807) is 13.2 Å². The van der Waals surface area contributed by atoms with Crippen LogP contribution in [0.4, 0.5) is 4.39 Å². The summed E-state index contributed by atoms with van der Waals surface area (Å²) in [6.07, 6.45) is 3.98. The Balaban J connectivity index is 1.69. The lowest BCUT2D eigenvalue weighted by molar-refractivity contribution is -0.121. The van der Waals surface area contributed by atoms with E-state index in [0.29, 0.717) is 6.54 Å². The summed E-state index contributed by atoms with van der Waals surface area (Å²) < 4.78 is 20.7. The first-order chi connectivity index (χ1) is 12.7. The average molecular weight is 352 g/mol. The Hall–Kier alpha value is -3.08. The number of ether oxygens (including phenoxy) is 1. The van der Waals surface area contributed by atoms with Crippen LogP contribution < -0.4 is 10.1 Å². The smallest absolute Gasteiger partial charge is 0.222 e. The molecule has 0 spiro atoms. The van der Waals surface area contributed by atoms with Gasteiger partial charge in [-0.1, -0.05) is 24.3 Å². The van der Waals surface area contributed by atoms with Crippen LogP contribution in [0, 0.1) is 5.82 Å². The second kappa shape index (κ2) is 8.34. The highest BCUT2D eigenvalue weighted by Gasteiger charge is 2.17. The number of rotatable bonds is 7. The van der Waals surface area contributed by atoms with Crippen LogP contribution in [0.15, 0.2) is 73.1 Å². The van der Waals surface area contributed by atoms with E-state index in [-0.39, 0.29) is 24.2 Å². The third-order valence-corrected chi connectivity index (χ3v) is 4.22. The Morgan fingerprint density at radius 2 is 1.88 bits per heavy atom. The maximum absolute atomic E-state index is 13.6. The summed E-state index contributed by atoms with van der Waals surface area (Å²) in [5.74, 6) is 0.342. The molecule has 0 radical (unpaired) electrons. The van der Waals surface area contributed by atoms with Gasteiger partial charge in [-0.15, -0.1) is 0 Å². The lowest BCUT2D eigenvalue weighted by Crippen LogP contribution is -2.26. The molecule has 0 aliphatic heterocycles. The number of amides is 1. The standard InChI is InChI=1S/C21H21FN2O2/c1-26-19-9-4-6-16(12-19)15-23-21(25)14-20(24-10-2-3-11-24)17-7-5-8-18(22)13-17/h2-13,20H,14-15H2,1H3,(H,23,25)/t20-/m1/s1. The maximum Gasteiger partial charge on any atom is 0.222 e. The van der Waals surface area contributed by atoms with E-state index >= 15 is 0 Å². The highest BCUT2D eigenvalue weighted by Crippen LogP contribution is 2.23. The van der Waals surface area contributed by atoms with Crippen molar-refractivity contribution in [2.75, 3.05) is 7.11 Å². The van der Waals surface area contributed by atoms with Crippen molar-refractivity contribution in [2.24, 2.45) is 0 Å². The Kier molecular flexibility index (Phi) is 5.69. The second-order valence-corrected chi connectivity index (χ2v) is 6.03. The lowest BCUT2D eigenvalue weighted by Gasteiger charge is -2.19. The number of halogens is 1. The van der Waals surface area contributed by atoms with E-state index in [1.807, 2.05) is 59.4 Å². The Labute approximate surface area is 152 Å². The van der Waals surface area contributed by atoms with Gasteiger partial charge in [-0.25, -0.2) is 4.39 Å². The molecule has 2 aromatic carbocycles. The minimum absolute atomic E-state index is 0.101. The average Bonchev–Trinajstić information content (AvgIpc) is 3.19. The van der Waals surface area contributed by atoms with Gasteiger partial charge in [-0.05, 0) is 47.5 Å². The fourth-order valence-corrected chi connectivity index (χ4v) is 2.90. The Morgan fingerprint density at radius 1 is 1.12 bits per heavy atom. The summed E-state index contributed by atoms with van der Waals surface area (Å²) in [6, 6.07) is 17.5. The fourth-order valence-electron chi connectivity index (χ4n) is 2.90. The number of aromatic nitrogens is 1. The molecule has 1 aromatic heterocycles. The van der Waals surface area contributed by atoms with Gasteiger partial charge in [-0.2, -0.15) is 0 Å². The maximum atomic E-state index is 13.6. The molecule has 0 saturated carbocycles.